The first-order valence-electron chi connectivity index (χ1n) is 5.29. The largest absolute Gasteiger partial charge is 0.425 e. The number of esters is 1. The Morgan fingerprint density at radius 1 is 1.31 bits per heavy atom. The van der Waals surface area contributed by atoms with Gasteiger partial charge in [-0.15, -0.1) is 0 Å². The number of carbonyl (C=O) groups excluding carboxylic acids is 1. The molecular weight excluding hydrogens is 247 g/mol. The Labute approximate surface area is 106 Å². The van der Waals surface area contributed by atoms with Crippen LogP contribution in [0.25, 0.3) is 0 Å². The minimum Gasteiger partial charge on any atom is -0.425 e. The van der Waals surface area contributed by atoms with Gasteiger partial charge >= 0.3 is 5.97 Å². The van der Waals surface area contributed by atoms with E-state index in [0.717, 1.165) is 19.3 Å². The summed E-state index contributed by atoms with van der Waals surface area (Å²) in [5.74, 6) is 0.116. The van der Waals surface area contributed by atoms with Crippen molar-refractivity contribution in [2.24, 2.45) is 0 Å². The average molecular weight is 261 g/mol. The standard InChI is InChI=1S/C12H14Cl2O2/c1-2-3-4-5-12(15)16-11-7-6-9(13)8-10(11)14/h6-8H,2-5H2,1H3. The summed E-state index contributed by atoms with van der Waals surface area (Å²) < 4.78 is 5.12. The molecule has 88 valence electrons. The maximum atomic E-state index is 11.4. The third-order valence-electron chi connectivity index (χ3n) is 2.10. The van der Waals surface area contributed by atoms with Gasteiger partial charge in [0.2, 0.25) is 0 Å². The molecule has 0 saturated carbocycles. The molecule has 0 aliphatic heterocycles. The van der Waals surface area contributed by atoms with Gasteiger partial charge in [-0.2, -0.15) is 0 Å². The summed E-state index contributed by atoms with van der Waals surface area (Å²) in [6.45, 7) is 2.08. The smallest absolute Gasteiger partial charge is 0.311 e. The van der Waals surface area contributed by atoms with Gasteiger partial charge < -0.3 is 4.74 Å². The van der Waals surface area contributed by atoms with Gasteiger partial charge in [-0.05, 0) is 24.6 Å². The first-order valence-corrected chi connectivity index (χ1v) is 6.04. The SMILES string of the molecule is CCCCCC(=O)Oc1ccc(Cl)cc1Cl. The Morgan fingerprint density at radius 2 is 2.06 bits per heavy atom. The van der Waals surface area contributed by atoms with Crippen molar-refractivity contribution in [3.05, 3.63) is 28.2 Å². The summed E-state index contributed by atoms with van der Waals surface area (Å²) in [6, 6.07) is 4.79. The molecular formula is C12H14Cl2O2. The number of hydrogen-bond donors (Lipinski definition) is 0. The van der Waals surface area contributed by atoms with Crippen LogP contribution in [0.2, 0.25) is 10.0 Å². The third kappa shape index (κ3) is 4.42. The normalized spacial score (nSPS) is 10.2. The number of halogens is 2. The number of carbonyl (C=O) groups is 1. The van der Waals surface area contributed by atoms with Gasteiger partial charge in [0, 0.05) is 11.4 Å². The van der Waals surface area contributed by atoms with Crippen molar-refractivity contribution in [2.45, 2.75) is 32.6 Å². The highest BCUT2D eigenvalue weighted by atomic mass is 35.5. The molecule has 0 radical (unpaired) electrons. The fraction of sp³-hybridized carbons (Fsp3) is 0.417. The molecule has 1 rings (SSSR count). The first-order chi connectivity index (χ1) is 7.63. The van der Waals surface area contributed by atoms with E-state index in [9.17, 15) is 4.79 Å². The van der Waals surface area contributed by atoms with Gasteiger partial charge in [-0.25, -0.2) is 0 Å². The number of unbranched alkanes of at least 4 members (excludes halogenated alkanes) is 2. The molecule has 0 saturated heterocycles. The van der Waals surface area contributed by atoms with Crippen LogP contribution in [0.15, 0.2) is 18.2 Å². The van der Waals surface area contributed by atoms with E-state index in [4.69, 9.17) is 27.9 Å². The summed E-state index contributed by atoms with van der Waals surface area (Å²) in [5.41, 5.74) is 0. The van der Waals surface area contributed by atoms with E-state index >= 15 is 0 Å². The number of ether oxygens (including phenoxy) is 1. The van der Waals surface area contributed by atoms with Crippen LogP contribution in [0.1, 0.15) is 32.6 Å². The highest BCUT2D eigenvalue weighted by molar-refractivity contribution is 6.35. The molecule has 0 amide bonds. The predicted octanol–water partition coefficient (Wildman–Crippen LogP) is 4.48. The molecule has 0 aliphatic rings. The molecule has 0 heterocycles. The van der Waals surface area contributed by atoms with Crippen molar-refractivity contribution in [1.29, 1.82) is 0 Å². The summed E-state index contributed by atoms with van der Waals surface area (Å²) in [7, 11) is 0. The van der Waals surface area contributed by atoms with Crippen LogP contribution in [0.5, 0.6) is 5.75 Å². The fourth-order valence-electron chi connectivity index (χ4n) is 1.25. The Kier molecular flexibility index (Phi) is 5.64. The van der Waals surface area contributed by atoms with Crippen molar-refractivity contribution in [1.82, 2.24) is 0 Å². The molecule has 2 nitrogen and oxygen atoms in total. The molecule has 0 unspecified atom stereocenters. The molecule has 4 heteroatoms. The van der Waals surface area contributed by atoms with E-state index in [0.29, 0.717) is 22.2 Å². The van der Waals surface area contributed by atoms with E-state index in [1.165, 1.54) is 0 Å². The lowest BCUT2D eigenvalue weighted by Crippen LogP contribution is -2.07. The van der Waals surface area contributed by atoms with E-state index in [1.54, 1.807) is 18.2 Å². The summed E-state index contributed by atoms with van der Waals surface area (Å²) in [6.07, 6.45) is 3.38. The van der Waals surface area contributed by atoms with Gasteiger partial charge in [-0.3, -0.25) is 4.79 Å². The zero-order valence-corrected chi connectivity index (χ0v) is 10.6. The van der Waals surface area contributed by atoms with Crippen molar-refractivity contribution >= 4 is 29.2 Å². The average Bonchev–Trinajstić information content (AvgIpc) is 2.23. The highest BCUT2D eigenvalue weighted by Crippen LogP contribution is 2.27. The maximum absolute atomic E-state index is 11.4. The Morgan fingerprint density at radius 3 is 2.69 bits per heavy atom. The first kappa shape index (κ1) is 13.3. The molecule has 0 aliphatic carbocycles. The lowest BCUT2D eigenvalue weighted by molar-refractivity contribution is -0.134. The zero-order valence-electron chi connectivity index (χ0n) is 9.13. The quantitative estimate of drug-likeness (QED) is 0.443. The molecule has 0 bridgehead atoms. The van der Waals surface area contributed by atoms with Crippen molar-refractivity contribution < 1.29 is 9.53 Å². The van der Waals surface area contributed by atoms with Crippen LogP contribution in [0.3, 0.4) is 0 Å². The van der Waals surface area contributed by atoms with E-state index < -0.39 is 0 Å². The fourth-order valence-corrected chi connectivity index (χ4v) is 1.70. The van der Waals surface area contributed by atoms with Crippen molar-refractivity contribution in [3.63, 3.8) is 0 Å². The van der Waals surface area contributed by atoms with E-state index in [2.05, 4.69) is 6.92 Å². The number of rotatable bonds is 5. The number of hydrogen-bond acceptors (Lipinski definition) is 2. The van der Waals surface area contributed by atoms with Gasteiger partial charge in [-0.1, -0.05) is 43.0 Å². The maximum Gasteiger partial charge on any atom is 0.311 e. The molecule has 0 N–H and O–H groups in total. The Bertz CT molecular complexity index is 364. The van der Waals surface area contributed by atoms with Gasteiger partial charge in [0.05, 0.1) is 5.02 Å². The van der Waals surface area contributed by atoms with Gasteiger partial charge in [0.15, 0.2) is 0 Å². The Balaban J connectivity index is 2.49. The van der Waals surface area contributed by atoms with E-state index in [1.807, 2.05) is 0 Å². The molecule has 0 fully saturated rings. The van der Waals surface area contributed by atoms with Crippen LogP contribution in [-0.4, -0.2) is 5.97 Å². The Hall–Kier alpha value is -0.730. The van der Waals surface area contributed by atoms with Crippen molar-refractivity contribution in [3.8, 4) is 5.75 Å². The lowest BCUT2D eigenvalue weighted by atomic mass is 10.2. The second-order valence-corrected chi connectivity index (χ2v) is 4.35. The van der Waals surface area contributed by atoms with Gasteiger partial charge in [0.25, 0.3) is 0 Å². The molecule has 1 aromatic carbocycles. The molecule has 16 heavy (non-hydrogen) atoms. The highest BCUT2D eigenvalue weighted by Gasteiger charge is 2.08. The zero-order chi connectivity index (χ0) is 12.0. The topological polar surface area (TPSA) is 26.3 Å². The molecule has 1 aromatic rings. The van der Waals surface area contributed by atoms with Crippen LogP contribution in [0, 0.1) is 0 Å². The van der Waals surface area contributed by atoms with Crippen molar-refractivity contribution in [2.75, 3.05) is 0 Å². The minimum atomic E-state index is -0.252. The monoisotopic (exact) mass is 260 g/mol. The van der Waals surface area contributed by atoms with Crippen LogP contribution >= 0.6 is 23.2 Å². The van der Waals surface area contributed by atoms with E-state index in [-0.39, 0.29) is 5.97 Å². The van der Waals surface area contributed by atoms with Crippen LogP contribution < -0.4 is 4.74 Å². The second kappa shape index (κ2) is 6.77. The summed E-state index contributed by atoms with van der Waals surface area (Å²) in [4.78, 5) is 11.4. The lowest BCUT2D eigenvalue weighted by Gasteiger charge is -2.06. The van der Waals surface area contributed by atoms with Crippen LogP contribution in [0.4, 0.5) is 0 Å². The number of benzene rings is 1. The summed E-state index contributed by atoms with van der Waals surface area (Å²) >= 11 is 11.6. The van der Waals surface area contributed by atoms with Gasteiger partial charge in [0.1, 0.15) is 5.75 Å². The summed E-state index contributed by atoms with van der Waals surface area (Å²) in [5, 5.41) is 0.882. The molecule has 0 atom stereocenters. The molecule has 0 spiro atoms. The minimum absolute atomic E-state index is 0.252. The van der Waals surface area contributed by atoms with Crippen LogP contribution in [-0.2, 0) is 4.79 Å². The third-order valence-corrected chi connectivity index (χ3v) is 2.63. The molecule has 0 aromatic heterocycles. The second-order valence-electron chi connectivity index (χ2n) is 3.51. The predicted molar refractivity (Wildman–Crippen MR) is 66.2 cm³/mol.